The molecule has 9 nitrogen and oxygen atoms in total. The molecule has 3 aromatic carbocycles. The van der Waals surface area contributed by atoms with Gasteiger partial charge in [-0.25, -0.2) is 9.79 Å². The lowest BCUT2D eigenvalue weighted by molar-refractivity contribution is -0.139. The Hall–Kier alpha value is -4.54. The van der Waals surface area contributed by atoms with Crippen molar-refractivity contribution >= 4 is 35.0 Å². The molecule has 0 saturated heterocycles. The average Bonchev–Trinajstić information content (AvgIpc) is 3.33. The number of nitrogens with zero attached hydrogens (tertiary/aromatic N) is 2. The summed E-state index contributed by atoms with van der Waals surface area (Å²) in [6.07, 6.45) is 1.76. The maximum atomic E-state index is 14.0. The smallest absolute Gasteiger partial charge is 0.338 e. The number of thiazole rings is 1. The number of ether oxygens (including phenoxy) is 5. The van der Waals surface area contributed by atoms with Crippen molar-refractivity contribution in [1.82, 2.24) is 4.57 Å². The van der Waals surface area contributed by atoms with Crippen LogP contribution < -0.4 is 33.8 Å². The predicted molar refractivity (Wildman–Crippen MR) is 169 cm³/mol. The molecule has 0 bridgehead atoms. The molecule has 0 N–H and O–H groups in total. The maximum absolute atomic E-state index is 14.0. The number of aromatic nitrogens is 1. The zero-order valence-corrected chi connectivity index (χ0v) is 26.5. The van der Waals surface area contributed by atoms with E-state index < -0.39 is 12.0 Å². The van der Waals surface area contributed by atoms with Crippen LogP contribution in [0.4, 0.5) is 0 Å². The number of esters is 1. The molecular weight excluding hydrogens is 604 g/mol. The van der Waals surface area contributed by atoms with Gasteiger partial charge in [-0.05, 0) is 61.4 Å². The molecule has 44 heavy (non-hydrogen) atoms. The number of fused-ring (bicyclic) bond motifs is 1. The number of carbonyl (C=O) groups excluding carboxylic acids is 1. The molecule has 1 aliphatic heterocycles. The second-order valence-corrected chi connectivity index (χ2v) is 11.1. The number of methoxy groups -OCH3 is 3. The summed E-state index contributed by atoms with van der Waals surface area (Å²) in [4.78, 5) is 32.3. The van der Waals surface area contributed by atoms with E-state index in [1.54, 1.807) is 64.5 Å². The minimum atomic E-state index is -0.789. The molecule has 0 amide bonds. The molecule has 0 radical (unpaired) electrons. The molecule has 1 aliphatic rings. The summed E-state index contributed by atoms with van der Waals surface area (Å²) in [5.41, 5.74) is 2.66. The molecule has 0 fully saturated rings. The molecule has 4 aromatic rings. The Morgan fingerprint density at radius 1 is 0.977 bits per heavy atom. The summed E-state index contributed by atoms with van der Waals surface area (Å²) >= 11 is 7.50. The topological polar surface area (TPSA) is 97.6 Å². The van der Waals surface area contributed by atoms with Crippen LogP contribution >= 0.6 is 22.9 Å². The highest BCUT2D eigenvalue weighted by Gasteiger charge is 2.34. The molecule has 0 unspecified atom stereocenters. The van der Waals surface area contributed by atoms with Gasteiger partial charge in [-0.1, -0.05) is 53.3 Å². The number of carbonyl (C=O) groups is 1. The zero-order valence-electron chi connectivity index (χ0n) is 24.9. The highest BCUT2D eigenvalue weighted by Crippen LogP contribution is 2.36. The number of benzene rings is 3. The van der Waals surface area contributed by atoms with Crippen LogP contribution in [0.3, 0.4) is 0 Å². The van der Waals surface area contributed by atoms with E-state index in [0.29, 0.717) is 48.6 Å². The van der Waals surface area contributed by atoms with Crippen LogP contribution in [0, 0.1) is 0 Å². The fourth-order valence-electron chi connectivity index (χ4n) is 4.95. The summed E-state index contributed by atoms with van der Waals surface area (Å²) in [7, 11) is 4.63. The lowest BCUT2D eigenvalue weighted by atomic mass is 9.95. The molecule has 5 rings (SSSR count). The highest BCUT2D eigenvalue weighted by molar-refractivity contribution is 7.07. The van der Waals surface area contributed by atoms with E-state index in [9.17, 15) is 9.59 Å². The minimum Gasteiger partial charge on any atom is -0.493 e. The molecule has 0 spiro atoms. The first-order valence-electron chi connectivity index (χ1n) is 13.7. The second-order valence-electron chi connectivity index (χ2n) is 9.71. The van der Waals surface area contributed by atoms with Gasteiger partial charge in [-0.3, -0.25) is 9.36 Å². The lowest BCUT2D eigenvalue weighted by Gasteiger charge is -2.25. The number of halogens is 1. The third-order valence-electron chi connectivity index (χ3n) is 7.07. The number of allylic oxidation sites excluding steroid dienone is 1. The van der Waals surface area contributed by atoms with Crippen molar-refractivity contribution in [3.05, 3.63) is 113 Å². The molecule has 0 aliphatic carbocycles. The fraction of sp³-hybridized carbons (Fsp3) is 0.242. The third kappa shape index (κ3) is 6.09. The summed E-state index contributed by atoms with van der Waals surface area (Å²) in [5.74, 6) is 1.49. The number of hydrogen-bond donors (Lipinski definition) is 0. The molecule has 228 valence electrons. The van der Waals surface area contributed by atoms with E-state index in [-0.39, 0.29) is 24.3 Å². The Labute approximate surface area is 263 Å². The van der Waals surface area contributed by atoms with Crippen molar-refractivity contribution in [2.45, 2.75) is 26.5 Å². The van der Waals surface area contributed by atoms with Gasteiger partial charge < -0.3 is 23.7 Å². The number of hydrogen-bond acceptors (Lipinski definition) is 9. The van der Waals surface area contributed by atoms with E-state index in [2.05, 4.69) is 4.99 Å². The monoisotopic (exact) mass is 634 g/mol. The van der Waals surface area contributed by atoms with Gasteiger partial charge >= 0.3 is 5.97 Å². The summed E-state index contributed by atoms with van der Waals surface area (Å²) in [6.45, 7) is 3.92. The predicted octanol–water partition coefficient (Wildman–Crippen LogP) is 5.06. The van der Waals surface area contributed by atoms with E-state index in [1.165, 1.54) is 23.0 Å². The first-order valence-corrected chi connectivity index (χ1v) is 14.9. The molecule has 1 aromatic heterocycles. The lowest BCUT2D eigenvalue weighted by Crippen LogP contribution is -2.39. The van der Waals surface area contributed by atoms with Crippen LogP contribution in [0.2, 0.25) is 5.02 Å². The Morgan fingerprint density at radius 2 is 1.68 bits per heavy atom. The van der Waals surface area contributed by atoms with Gasteiger partial charge in [0.2, 0.25) is 0 Å². The molecule has 0 saturated carbocycles. The summed E-state index contributed by atoms with van der Waals surface area (Å²) < 4.78 is 29.8. The quantitative estimate of drug-likeness (QED) is 0.225. The van der Waals surface area contributed by atoms with Crippen molar-refractivity contribution < 1.29 is 28.5 Å². The molecule has 1 atom stereocenters. The van der Waals surface area contributed by atoms with E-state index in [1.807, 2.05) is 30.3 Å². The van der Waals surface area contributed by atoms with Crippen LogP contribution in [0.5, 0.6) is 23.0 Å². The maximum Gasteiger partial charge on any atom is 0.338 e. The summed E-state index contributed by atoms with van der Waals surface area (Å²) in [6, 6.07) is 17.4. The van der Waals surface area contributed by atoms with Gasteiger partial charge in [0.25, 0.3) is 5.56 Å². The van der Waals surface area contributed by atoms with E-state index in [0.717, 1.165) is 11.1 Å². The normalized spacial score (nSPS) is 14.5. The van der Waals surface area contributed by atoms with Crippen molar-refractivity contribution in [3.63, 3.8) is 0 Å². The Bertz CT molecular complexity index is 1930. The second kappa shape index (κ2) is 13.4. The van der Waals surface area contributed by atoms with Crippen molar-refractivity contribution in [2.75, 3.05) is 27.9 Å². The largest absolute Gasteiger partial charge is 0.493 e. The van der Waals surface area contributed by atoms with Crippen molar-refractivity contribution in [3.8, 4) is 23.0 Å². The number of rotatable bonds is 10. The first-order chi connectivity index (χ1) is 21.3. The molecule has 2 heterocycles. The molecular formula is C33H31ClN2O7S. The van der Waals surface area contributed by atoms with E-state index in [4.69, 9.17) is 35.3 Å². The van der Waals surface area contributed by atoms with Gasteiger partial charge in [0.05, 0.1) is 49.8 Å². The van der Waals surface area contributed by atoms with Gasteiger partial charge in [-0.2, -0.15) is 0 Å². The minimum absolute atomic E-state index is 0.179. The SMILES string of the molecule is CCOC(=O)C1=C(C)N=c2sc(=Cc3ccc(OCc4ccccc4Cl)c(OC)c3)c(=O)n2[C@@H]1c1ccc(OC)c(OC)c1. The Balaban J connectivity index is 1.57. The van der Waals surface area contributed by atoms with Crippen LogP contribution in [0.1, 0.15) is 36.6 Å². The zero-order chi connectivity index (χ0) is 31.4. The summed E-state index contributed by atoms with van der Waals surface area (Å²) in [5, 5.41) is 0.617. The standard InChI is InChI=1S/C33H31ClN2O7S/c1-6-42-32(38)29-19(2)35-33-36(30(29)21-12-14-24(39-3)27(17-21)41-5)31(37)28(44-33)16-20-11-13-25(26(15-20)40-4)43-18-22-9-7-8-10-23(22)34/h7-17,30H,6,18H2,1-5H3/t30-/m1/s1. The van der Waals surface area contributed by atoms with E-state index >= 15 is 0 Å². The van der Waals surface area contributed by atoms with Gasteiger partial charge in [-0.15, -0.1) is 0 Å². The van der Waals surface area contributed by atoms with Gasteiger partial charge in [0.15, 0.2) is 27.8 Å². The van der Waals surface area contributed by atoms with Crippen LogP contribution in [0.25, 0.3) is 6.08 Å². The first kappa shape index (κ1) is 30.9. The average molecular weight is 635 g/mol. The van der Waals surface area contributed by atoms with Crippen molar-refractivity contribution in [2.24, 2.45) is 4.99 Å². The van der Waals surface area contributed by atoms with Gasteiger partial charge in [0.1, 0.15) is 6.61 Å². The fourth-order valence-corrected chi connectivity index (χ4v) is 6.18. The van der Waals surface area contributed by atoms with Crippen molar-refractivity contribution in [1.29, 1.82) is 0 Å². The van der Waals surface area contributed by atoms with Gasteiger partial charge in [0, 0.05) is 10.6 Å². The Morgan fingerprint density at radius 3 is 2.39 bits per heavy atom. The third-order valence-corrected chi connectivity index (χ3v) is 8.42. The van der Waals surface area contributed by atoms with Crippen LogP contribution in [0.15, 0.2) is 81.7 Å². The molecule has 11 heteroatoms. The van der Waals surface area contributed by atoms with Crippen LogP contribution in [-0.4, -0.2) is 38.5 Å². The Kier molecular flexibility index (Phi) is 9.41. The highest BCUT2D eigenvalue weighted by atomic mass is 35.5. The van der Waals surface area contributed by atoms with Crippen LogP contribution in [-0.2, 0) is 16.1 Å².